The van der Waals surface area contributed by atoms with Gasteiger partial charge in [-0.05, 0) is 36.8 Å². The fourth-order valence-electron chi connectivity index (χ4n) is 1.82. The molecule has 100 valence electrons. The lowest BCUT2D eigenvalue weighted by Gasteiger charge is -2.15. The zero-order valence-electron chi connectivity index (χ0n) is 10.6. The summed E-state index contributed by atoms with van der Waals surface area (Å²) >= 11 is 0. The van der Waals surface area contributed by atoms with Crippen LogP contribution >= 0.6 is 0 Å². The molecule has 0 fully saturated rings. The summed E-state index contributed by atoms with van der Waals surface area (Å²) in [5, 5.41) is 0. The summed E-state index contributed by atoms with van der Waals surface area (Å²) in [6, 6.07) is 9.99. The van der Waals surface area contributed by atoms with Crippen molar-refractivity contribution in [2.45, 2.75) is 13.0 Å². The Morgan fingerprint density at radius 1 is 1.16 bits per heavy atom. The van der Waals surface area contributed by atoms with Crippen LogP contribution in [0.2, 0.25) is 0 Å². The molecule has 0 saturated heterocycles. The number of ether oxygens (including phenoxy) is 1. The van der Waals surface area contributed by atoms with Crippen molar-refractivity contribution in [2.24, 2.45) is 5.73 Å². The van der Waals surface area contributed by atoms with Gasteiger partial charge < -0.3 is 10.5 Å². The third-order valence-electron chi connectivity index (χ3n) is 2.86. The Balaban J connectivity index is 2.04. The number of hydrogen-bond donors (Lipinski definition) is 1. The Hall–Kier alpha value is -1.94. The number of halogens is 2. The van der Waals surface area contributed by atoms with E-state index in [9.17, 15) is 8.78 Å². The van der Waals surface area contributed by atoms with Gasteiger partial charge in [-0.3, -0.25) is 0 Å². The maximum Gasteiger partial charge on any atom is 0.128 e. The van der Waals surface area contributed by atoms with Crippen molar-refractivity contribution in [1.29, 1.82) is 0 Å². The van der Waals surface area contributed by atoms with Crippen LogP contribution in [0.1, 0.15) is 17.2 Å². The van der Waals surface area contributed by atoms with Crippen LogP contribution in [0.3, 0.4) is 0 Å². The van der Waals surface area contributed by atoms with Crippen molar-refractivity contribution in [3.05, 3.63) is 65.2 Å². The van der Waals surface area contributed by atoms with Gasteiger partial charge in [0.05, 0.1) is 6.04 Å². The molecule has 2 N–H and O–H groups in total. The van der Waals surface area contributed by atoms with Gasteiger partial charge in [-0.25, -0.2) is 8.78 Å². The van der Waals surface area contributed by atoms with Crippen molar-refractivity contribution in [2.75, 3.05) is 6.61 Å². The van der Waals surface area contributed by atoms with E-state index >= 15 is 0 Å². The standard InChI is InChI=1S/C15H15F2NO/c1-10-8-11(16)6-7-15(10)19-9-14(18)12-4-2-3-5-13(12)17/h2-8,14H,9,18H2,1H3. The molecule has 0 radical (unpaired) electrons. The van der Waals surface area contributed by atoms with Gasteiger partial charge in [-0.15, -0.1) is 0 Å². The molecule has 0 aromatic heterocycles. The molecule has 1 unspecified atom stereocenters. The molecular weight excluding hydrogens is 248 g/mol. The number of rotatable bonds is 4. The second-order valence-electron chi connectivity index (χ2n) is 4.35. The first-order chi connectivity index (χ1) is 9.08. The number of hydrogen-bond acceptors (Lipinski definition) is 2. The van der Waals surface area contributed by atoms with Gasteiger partial charge in [0.1, 0.15) is 24.0 Å². The van der Waals surface area contributed by atoms with Crippen LogP contribution in [0, 0.1) is 18.6 Å². The fourth-order valence-corrected chi connectivity index (χ4v) is 1.82. The van der Waals surface area contributed by atoms with E-state index in [0.717, 1.165) is 0 Å². The molecule has 0 spiro atoms. The van der Waals surface area contributed by atoms with Crippen LogP contribution in [-0.2, 0) is 0 Å². The average molecular weight is 263 g/mol. The van der Waals surface area contributed by atoms with Crippen molar-refractivity contribution < 1.29 is 13.5 Å². The number of aryl methyl sites for hydroxylation is 1. The summed E-state index contributed by atoms with van der Waals surface area (Å²) in [5.74, 6) is -0.120. The SMILES string of the molecule is Cc1cc(F)ccc1OCC(N)c1ccccc1F. The molecule has 4 heteroatoms. The van der Waals surface area contributed by atoms with Crippen LogP contribution < -0.4 is 10.5 Å². The molecule has 0 heterocycles. The maximum absolute atomic E-state index is 13.5. The highest BCUT2D eigenvalue weighted by molar-refractivity contribution is 5.32. The predicted octanol–water partition coefficient (Wildman–Crippen LogP) is 3.35. The minimum atomic E-state index is -0.564. The lowest BCUT2D eigenvalue weighted by molar-refractivity contribution is 0.285. The summed E-state index contributed by atoms with van der Waals surface area (Å²) in [6.07, 6.45) is 0. The summed E-state index contributed by atoms with van der Waals surface area (Å²) in [7, 11) is 0. The van der Waals surface area contributed by atoms with Crippen molar-refractivity contribution in [1.82, 2.24) is 0 Å². The molecular formula is C15H15F2NO. The van der Waals surface area contributed by atoms with E-state index in [1.165, 1.54) is 18.2 Å². The average Bonchev–Trinajstić information content (AvgIpc) is 2.38. The summed E-state index contributed by atoms with van der Waals surface area (Å²) in [5.41, 5.74) is 6.97. The zero-order chi connectivity index (χ0) is 13.8. The molecule has 0 bridgehead atoms. The second-order valence-corrected chi connectivity index (χ2v) is 4.35. The van der Waals surface area contributed by atoms with E-state index in [2.05, 4.69) is 0 Å². The normalized spacial score (nSPS) is 12.2. The van der Waals surface area contributed by atoms with Crippen LogP contribution in [0.5, 0.6) is 5.75 Å². The van der Waals surface area contributed by atoms with Crippen LogP contribution in [0.4, 0.5) is 8.78 Å². The first-order valence-corrected chi connectivity index (χ1v) is 5.97. The largest absolute Gasteiger partial charge is 0.491 e. The molecule has 0 amide bonds. The van der Waals surface area contributed by atoms with E-state index < -0.39 is 6.04 Å². The molecule has 2 nitrogen and oxygen atoms in total. The highest BCUT2D eigenvalue weighted by atomic mass is 19.1. The van der Waals surface area contributed by atoms with Gasteiger partial charge >= 0.3 is 0 Å². The van der Waals surface area contributed by atoms with Gasteiger partial charge in [0.15, 0.2) is 0 Å². The quantitative estimate of drug-likeness (QED) is 0.918. The molecule has 0 aliphatic heterocycles. The van der Waals surface area contributed by atoms with Crippen molar-refractivity contribution in [3.63, 3.8) is 0 Å². The fraction of sp³-hybridized carbons (Fsp3) is 0.200. The Morgan fingerprint density at radius 2 is 1.89 bits per heavy atom. The second kappa shape index (κ2) is 5.80. The lowest BCUT2D eigenvalue weighted by atomic mass is 10.1. The number of nitrogens with two attached hydrogens (primary N) is 1. The Kier molecular flexibility index (Phi) is 4.12. The minimum absolute atomic E-state index is 0.132. The number of benzene rings is 2. The summed E-state index contributed by atoms with van der Waals surface area (Å²) in [6.45, 7) is 1.88. The van der Waals surface area contributed by atoms with Crippen molar-refractivity contribution >= 4 is 0 Å². The first kappa shape index (κ1) is 13.5. The molecule has 1 atom stereocenters. The van der Waals surface area contributed by atoms with Gasteiger partial charge in [-0.2, -0.15) is 0 Å². The molecule has 2 aromatic carbocycles. The topological polar surface area (TPSA) is 35.2 Å². The third-order valence-corrected chi connectivity index (χ3v) is 2.86. The summed E-state index contributed by atoms with van der Waals surface area (Å²) < 4.78 is 32.0. The van der Waals surface area contributed by atoms with E-state index in [0.29, 0.717) is 16.9 Å². The minimum Gasteiger partial charge on any atom is -0.491 e. The van der Waals surface area contributed by atoms with E-state index in [1.807, 2.05) is 0 Å². The highest BCUT2D eigenvalue weighted by Gasteiger charge is 2.12. The van der Waals surface area contributed by atoms with Gasteiger partial charge in [0.2, 0.25) is 0 Å². The Bertz CT molecular complexity index is 572. The van der Waals surface area contributed by atoms with Crippen LogP contribution in [-0.4, -0.2) is 6.61 Å². The van der Waals surface area contributed by atoms with Crippen molar-refractivity contribution in [3.8, 4) is 5.75 Å². The molecule has 19 heavy (non-hydrogen) atoms. The first-order valence-electron chi connectivity index (χ1n) is 5.97. The third kappa shape index (κ3) is 3.29. The predicted molar refractivity (Wildman–Crippen MR) is 70.0 cm³/mol. The van der Waals surface area contributed by atoms with E-state index in [1.54, 1.807) is 31.2 Å². The molecule has 2 aromatic rings. The van der Waals surface area contributed by atoms with E-state index in [-0.39, 0.29) is 18.2 Å². The van der Waals surface area contributed by atoms with Gasteiger partial charge in [0.25, 0.3) is 0 Å². The van der Waals surface area contributed by atoms with Crippen LogP contribution in [0.15, 0.2) is 42.5 Å². The zero-order valence-corrected chi connectivity index (χ0v) is 10.6. The van der Waals surface area contributed by atoms with Gasteiger partial charge in [-0.1, -0.05) is 18.2 Å². The highest BCUT2D eigenvalue weighted by Crippen LogP contribution is 2.21. The molecule has 2 rings (SSSR count). The molecule has 0 aliphatic rings. The molecule has 0 aliphatic carbocycles. The summed E-state index contributed by atoms with van der Waals surface area (Å²) in [4.78, 5) is 0. The molecule has 0 saturated carbocycles. The maximum atomic E-state index is 13.5. The Morgan fingerprint density at radius 3 is 2.58 bits per heavy atom. The van der Waals surface area contributed by atoms with E-state index in [4.69, 9.17) is 10.5 Å². The monoisotopic (exact) mass is 263 g/mol. The van der Waals surface area contributed by atoms with Crippen LogP contribution in [0.25, 0.3) is 0 Å². The Labute approximate surface area is 110 Å². The lowest BCUT2D eigenvalue weighted by Crippen LogP contribution is -2.20. The van der Waals surface area contributed by atoms with Gasteiger partial charge in [0, 0.05) is 5.56 Å². The smallest absolute Gasteiger partial charge is 0.128 e.